The molecule has 142 valence electrons. The van der Waals surface area contributed by atoms with E-state index in [1.54, 1.807) is 12.1 Å². The standard InChI is InChI=1S/C25H20N2OS/c1-2-18-27-22(19-12-6-3-7-13-19)23(20-14-8-4-9-15-20)29-25(27)26-24(28)21-16-10-5-11-17-21/h2-17H,1,18H2. The number of allylic oxidation sites excluding steroid dienone is 1. The van der Waals surface area contributed by atoms with Gasteiger partial charge in [0.1, 0.15) is 0 Å². The molecule has 0 bridgehead atoms. The number of rotatable bonds is 5. The molecule has 0 spiro atoms. The van der Waals surface area contributed by atoms with Gasteiger partial charge in [-0.1, -0.05) is 96.3 Å². The molecule has 4 heteroatoms. The Hall–Kier alpha value is -3.50. The molecular formula is C25H20N2OS. The summed E-state index contributed by atoms with van der Waals surface area (Å²) in [5.41, 5.74) is 3.80. The summed E-state index contributed by atoms with van der Waals surface area (Å²) < 4.78 is 2.07. The molecule has 1 amide bonds. The van der Waals surface area contributed by atoms with Gasteiger partial charge in [-0.15, -0.1) is 6.58 Å². The summed E-state index contributed by atoms with van der Waals surface area (Å²) in [5.74, 6) is -0.246. The van der Waals surface area contributed by atoms with E-state index < -0.39 is 0 Å². The van der Waals surface area contributed by atoms with Gasteiger partial charge in [0.2, 0.25) is 0 Å². The highest BCUT2D eigenvalue weighted by atomic mass is 32.1. The van der Waals surface area contributed by atoms with E-state index in [0.717, 1.165) is 21.7 Å². The first-order chi connectivity index (χ1) is 14.3. The van der Waals surface area contributed by atoms with Gasteiger partial charge in [-0.25, -0.2) is 0 Å². The summed E-state index contributed by atoms with van der Waals surface area (Å²) in [4.78, 5) is 19.0. The molecule has 0 aliphatic carbocycles. The van der Waals surface area contributed by atoms with E-state index in [0.29, 0.717) is 16.9 Å². The molecule has 1 aromatic heterocycles. The van der Waals surface area contributed by atoms with Gasteiger partial charge < -0.3 is 4.57 Å². The van der Waals surface area contributed by atoms with Gasteiger partial charge in [0.15, 0.2) is 4.80 Å². The molecule has 3 aromatic carbocycles. The SMILES string of the molecule is C=CCn1c(-c2ccccc2)c(-c2ccccc2)sc1=NC(=O)c1ccccc1. The van der Waals surface area contributed by atoms with Crippen molar-refractivity contribution in [2.45, 2.75) is 6.54 Å². The Balaban J connectivity index is 1.97. The summed E-state index contributed by atoms with van der Waals surface area (Å²) in [6.45, 7) is 4.47. The lowest BCUT2D eigenvalue weighted by molar-refractivity contribution is 0.0998. The minimum absolute atomic E-state index is 0.246. The highest BCUT2D eigenvalue weighted by molar-refractivity contribution is 7.13. The van der Waals surface area contributed by atoms with Crippen molar-refractivity contribution in [3.05, 3.63) is 114 Å². The average Bonchev–Trinajstić information content (AvgIpc) is 3.14. The zero-order valence-electron chi connectivity index (χ0n) is 15.9. The lowest BCUT2D eigenvalue weighted by atomic mass is 10.1. The predicted molar refractivity (Wildman–Crippen MR) is 120 cm³/mol. The van der Waals surface area contributed by atoms with Gasteiger partial charge in [0, 0.05) is 12.1 Å². The fourth-order valence-electron chi connectivity index (χ4n) is 3.19. The lowest BCUT2D eigenvalue weighted by Crippen LogP contribution is -2.17. The van der Waals surface area contributed by atoms with E-state index in [9.17, 15) is 4.79 Å². The number of aromatic nitrogens is 1. The predicted octanol–water partition coefficient (Wildman–Crippen LogP) is 5.81. The molecule has 0 aliphatic rings. The quantitative estimate of drug-likeness (QED) is 0.392. The maximum Gasteiger partial charge on any atom is 0.279 e. The maximum absolute atomic E-state index is 12.8. The van der Waals surface area contributed by atoms with Crippen LogP contribution < -0.4 is 4.80 Å². The molecule has 3 nitrogen and oxygen atoms in total. The molecule has 0 saturated heterocycles. The second-order valence-corrected chi connectivity index (χ2v) is 7.45. The first kappa shape index (κ1) is 18.8. The summed E-state index contributed by atoms with van der Waals surface area (Å²) in [7, 11) is 0. The fraction of sp³-hybridized carbons (Fsp3) is 0.0400. The first-order valence-electron chi connectivity index (χ1n) is 9.37. The van der Waals surface area contributed by atoms with Gasteiger partial charge in [-0.2, -0.15) is 4.99 Å². The van der Waals surface area contributed by atoms with Crippen molar-refractivity contribution < 1.29 is 4.79 Å². The molecule has 0 atom stereocenters. The van der Waals surface area contributed by atoms with Gasteiger partial charge in [-0.05, 0) is 23.3 Å². The van der Waals surface area contributed by atoms with Crippen molar-refractivity contribution in [1.82, 2.24) is 4.57 Å². The van der Waals surface area contributed by atoms with Crippen molar-refractivity contribution in [2.75, 3.05) is 0 Å². The average molecular weight is 397 g/mol. The van der Waals surface area contributed by atoms with Crippen LogP contribution in [0.25, 0.3) is 21.7 Å². The Morgan fingerprint density at radius 1 is 0.862 bits per heavy atom. The van der Waals surface area contributed by atoms with Crippen LogP contribution in [0.3, 0.4) is 0 Å². The number of amides is 1. The lowest BCUT2D eigenvalue weighted by Gasteiger charge is -2.09. The fourth-order valence-corrected chi connectivity index (χ4v) is 4.36. The van der Waals surface area contributed by atoms with Crippen LogP contribution in [0, 0.1) is 0 Å². The van der Waals surface area contributed by atoms with Crippen molar-refractivity contribution >= 4 is 17.2 Å². The number of nitrogens with zero attached hydrogens (tertiary/aromatic N) is 2. The molecule has 0 saturated carbocycles. The number of benzene rings is 3. The Morgan fingerprint density at radius 2 is 1.41 bits per heavy atom. The zero-order valence-corrected chi connectivity index (χ0v) is 16.7. The molecule has 29 heavy (non-hydrogen) atoms. The first-order valence-corrected chi connectivity index (χ1v) is 10.2. The normalized spacial score (nSPS) is 11.4. The summed E-state index contributed by atoms with van der Waals surface area (Å²) in [6.07, 6.45) is 1.83. The van der Waals surface area contributed by atoms with Crippen molar-refractivity contribution in [3.8, 4) is 21.7 Å². The van der Waals surface area contributed by atoms with E-state index in [2.05, 4.69) is 40.4 Å². The van der Waals surface area contributed by atoms with Crippen molar-refractivity contribution in [1.29, 1.82) is 0 Å². The largest absolute Gasteiger partial charge is 0.312 e. The minimum atomic E-state index is -0.246. The van der Waals surface area contributed by atoms with Crippen LogP contribution in [-0.4, -0.2) is 10.5 Å². The third-order valence-corrected chi connectivity index (χ3v) is 5.65. The molecule has 1 heterocycles. The van der Waals surface area contributed by atoms with Crippen LogP contribution in [0.2, 0.25) is 0 Å². The highest BCUT2D eigenvalue weighted by Crippen LogP contribution is 2.34. The topological polar surface area (TPSA) is 34.4 Å². The van der Waals surface area contributed by atoms with Crippen LogP contribution in [-0.2, 0) is 6.54 Å². The summed E-state index contributed by atoms with van der Waals surface area (Å²) in [5, 5.41) is 0. The molecule has 0 unspecified atom stereocenters. The van der Waals surface area contributed by atoms with E-state index in [1.807, 2.05) is 60.7 Å². The highest BCUT2D eigenvalue weighted by Gasteiger charge is 2.17. The van der Waals surface area contributed by atoms with Gasteiger partial charge >= 0.3 is 0 Å². The van der Waals surface area contributed by atoms with Crippen LogP contribution >= 0.6 is 11.3 Å². The number of hydrogen-bond donors (Lipinski definition) is 0. The van der Waals surface area contributed by atoms with Gasteiger partial charge in [-0.3, -0.25) is 4.79 Å². The molecule has 4 aromatic rings. The van der Waals surface area contributed by atoms with Crippen LogP contribution in [0.5, 0.6) is 0 Å². The van der Waals surface area contributed by atoms with Gasteiger partial charge in [0.25, 0.3) is 5.91 Å². The van der Waals surface area contributed by atoms with Crippen LogP contribution in [0.4, 0.5) is 0 Å². The second kappa shape index (κ2) is 8.67. The number of hydrogen-bond acceptors (Lipinski definition) is 2. The van der Waals surface area contributed by atoms with E-state index in [4.69, 9.17) is 0 Å². The Labute approximate surface area is 173 Å². The Morgan fingerprint density at radius 3 is 2.00 bits per heavy atom. The smallest absolute Gasteiger partial charge is 0.279 e. The maximum atomic E-state index is 12.8. The third kappa shape index (κ3) is 4.03. The summed E-state index contributed by atoms with van der Waals surface area (Å²) in [6, 6.07) is 29.6. The summed E-state index contributed by atoms with van der Waals surface area (Å²) >= 11 is 1.52. The number of carbonyl (C=O) groups is 1. The third-order valence-electron chi connectivity index (χ3n) is 4.52. The molecule has 0 aliphatic heterocycles. The Bertz CT molecular complexity index is 1190. The van der Waals surface area contributed by atoms with Crippen LogP contribution in [0.15, 0.2) is 109 Å². The van der Waals surface area contributed by atoms with E-state index in [1.165, 1.54) is 11.3 Å². The molecule has 0 radical (unpaired) electrons. The molecule has 0 fully saturated rings. The molecular weight excluding hydrogens is 376 g/mol. The van der Waals surface area contributed by atoms with E-state index >= 15 is 0 Å². The van der Waals surface area contributed by atoms with Crippen molar-refractivity contribution in [2.24, 2.45) is 4.99 Å². The Kier molecular flexibility index (Phi) is 5.63. The second-order valence-electron chi connectivity index (χ2n) is 6.48. The number of thiazole rings is 1. The van der Waals surface area contributed by atoms with E-state index in [-0.39, 0.29) is 5.91 Å². The van der Waals surface area contributed by atoms with Gasteiger partial charge in [0.05, 0.1) is 10.6 Å². The molecule has 4 rings (SSSR count). The number of carbonyl (C=O) groups excluding carboxylic acids is 1. The zero-order chi connectivity index (χ0) is 20.1. The molecule has 0 N–H and O–H groups in total. The van der Waals surface area contributed by atoms with Crippen molar-refractivity contribution in [3.63, 3.8) is 0 Å². The minimum Gasteiger partial charge on any atom is -0.312 e. The monoisotopic (exact) mass is 396 g/mol. The van der Waals surface area contributed by atoms with Crippen LogP contribution in [0.1, 0.15) is 10.4 Å².